The molecule has 0 saturated carbocycles. The van der Waals surface area contributed by atoms with Crippen LogP contribution in [0.15, 0.2) is 11.6 Å². The zero-order valence-electron chi connectivity index (χ0n) is 14.6. The van der Waals surface area contributed by atoms with Crippen molar-refractivity contribution in [2.45, 2.75) is 32.7 Å². The fourth-order valence-electron chi connectivity index (χ4n) is 3.09. The van der Waals surface area contributed by atoms with Crippen molar-refractivity contribution in [2.75, 3.05) is 23.7 Å². The molecule has 1 atom stereocenters. The number of aromatic nitrogens is 3. The van der Waals surface area contributed by atoms with Crippen molar-refractivity contribution in [1.82, 2.24) is 19.7 Å². The lowest BCUT2D eigenvalue weighted by Crippen LogP contribution is -2.33. The maximum Gasteiger partial charge on any atom is 0.238 e. The summed E-state index contributed by atoms with van der Waals surface area (Å²) >= 11 is 1.41. The predicted octanol–water partition coefficient (Wildman–Crippen LogP) is 1.92. The van der Waals surface area contributed by atoms with Crippen molar-refractivity contribution in [3.63, 3.8) is 0 Å². The number of thiazole rings is 1. The smallest absolute Gasteiger partial charge is 0.238 e. The SMILES string of the molecule is CC(=O)Nc1nc([C@@H]2CCCN2CC(=O)Nc2cn(C)nc2C)cs1. The van der Waals surface area contributed by atoms with Crippen molar-refractivity contribution >= 4 is 34.0 Å². The molecule has 2 aromatic heterocycles. The summed E-state index contributed by atoms with van der Waals surface area (Å²) in [6.07, 6.45) is 3.79. The largest absolute Gasteiger partial charge is 0.322 e. The number of carbonyl (C=O) groups excluding carboxylic acids is 2. The van der Waals surface area contributed by atoms with Gasteiger partial charge in [0.1, 0.15) is 0 Å². The molecule has 1 fully saturated rings. The van der Waals surface area contributed by atoms with E-state index in [4.69, 9.17) is 0 Å². The van der Waals surface area contributed by atoms with Gasteiger partial charge < -0.3 is 10.6 Å². The van der Waals surface area contributed by atoms with Crippen LogP contribution in [-0.4, -0.2) is 44.6 Å². The minimum absolute atomic E-state index is 0.0553. The van der Waals surface area contributed by atoms with Crippen molar-refractivity contribution in [1.29, 1.82) is 0 Å². The van der Waals surface area contributed by atoms with E-state index >= 15 is 0 Å². The van der Waals surface area contributed by atoms with Crippen molar-refractivity contribution in [3.05, 3.63) is 23.0 Å². The number of rotatable bonds is 5. The first-order valence-electron chi connectivity index (χ1n) is 8.19. The van der Waals surface area contributed by atoms with Gasteiger partial charge in [-0.25, -0.2) is 4.98 Å². The number of hydrogen-bond acceptors (Lipinski definition) is 6. The number of likely N-dealkylation sites (tertiary alicyclic amines) is 1. The average molecular weight is 362 g/mol. The normalized spacial score (nSPS) is 17.6. The van der Waals surface area contributed by atoms with Crippen LogP contribution in [0.25, 0.3) is 0 Å². The molecule has 0 bridgehead atoms. The highest BCUT2D eigenvalue weighted by Gasteiger charge is 2.29. The van der Waals surface area contributed by atoms with Gasteiger partial charge in [-0.2, -0.15) is 5.10 Å². The van der Waals surface area contributed by atoms with Crippen LogP contribution in [0.4, 0.5) is 10.8 Å². The Morgan fingerprint density at radius 1 is 1.40 bits per heavy atom. The molecule has 9 heteroatoms. The molecule has 0 unspecified atom stereocenters. The third-order valence-electron chi connectivity index (χ3n) is 4.14. The summed E-state index contributed by atoms with van der Waals surface area (Å²) < 4.78 is 1.68. The van der Waals surface area contributed by atoms with Gasteiger partial charge in [-0.3, -0.25) is 19.2 Å². The van der Waals surface area contributed by atoms with E-state index in [1.807, 2.05) is 19.4 Å². The number of nitrogens with zero attached hydrogens (tertiary/aromatic N) is 4. The molecule has 8 nitrogen and oxygen atoms in total. The summed E-state index contributed by atoms with van der Waals surface area (Å²) in [4.78, 5) is 30.2. The topological polar surface area (TPSA) is 92.1 Å². The molecule has 1 saturated heterocycles. The van der Waals surface area contributed by atoms with Gasteiger partial charge in [0, 0.05) is 25.5 Å². The molecule has 0 aliphatic carbocycles. The summed E-state index contributed by atoms with van der Waals surface area (Å²) in [5.41, 5.74) is 2.45. The van der Waals surface area contributed by atoms with E-state index < -0.39 is 0 Å². The van der Waals surface area contributed by atoms with Crippen molar-refractivity contribution in [3.8, 4) is 0 Å². The third-order valence-corrected chi connectivity index (χ3v) is 4.92. The van der Waals surface area contributed by atoms with Gasteiger partial charge >= 0.3 is 0 Å². The Bertz CT molecular complexity index is 783. The van der Waals surface area contributed by atoms with Gasteiger partial charge in [0.05, 0.1) is 29.7 Å². The molecule has 1 aliphatic heterocycles. The van der Waals surface area contributed by atoms with E-state index in [2.05, 4.69) is 25.6 Å². The van der Waals surface area contributed by atoms with Gasteiger partial charge in [-0.15, -0.1) is 11.3 Å². The summed E-state index contributed by atoms with van der Waals surface area (Å²) in [6, 6.07) is 0.111. The Hall–Kier alpha value is -2.26. The lowest BCUT2D eigenvalue weighted by atomic mass is 10.2. The molecule has 2 aromatic rings. The molecule has 3 heterocycles. The zero-order valence-corrected chi connectivity index (χ0v) is 15.4. The lowest BCUT2D eigenvalue weighted by Gasteiger charge is -2.22. The summed E-state index contributed by atoms with van der Waals surface area (Å²) in [6.45, 7) is 4.50. The first-order chi connectivity index (χ1) is 11.9. The van der Waals surface area contributed by atoms with Gasteiger partial charge in [-0.1, -0.05) is 0 Å². The fourth-order valence-corrected chi connectivity index (χ4v) is 3.90. The summed E-state index contributed by atoms with van der Waals surface area (Å²) in [5.74, 6) is -0.185. The molecule has 0 aromatic carbocycles. The molecular weight excluding hydrogens is 340 g/mol. The minimum Gasteiger partial charge on any atom is -0.322 e. The van der Waals surface area contributed by atoms with E-state index in [0.29, 0.717) is 11.7 Å². The molecule has 25 heavy (non-hydrogen) atoms. The Kier molecular flexibility index (Phi) is 5.14. The van der Waals surface area contributed by atoms with E-state index in [9.17, 15) is 9.59 Å². The molecule has 1 aliphatic rings. The number of anilines is 2. The van der Waals surface area contributed by atoms with Gasteiger partial charge in [0.15, 0.2) is 5.13 Å². The minimum atomic E-state index is -0.129. The van der Waals surface area contributed by atoms with Crippen molar-refractivity contribution < 1.29 is 9.59 Å². The molecule has 0 spiro atoms. The number of hydrogen-bond donors (Lipinski definition) is 2. The molecular formula is C16H22N6O2S. The Balaban J connectivity index is 1.63. The number of aryl methyl sites for hydroxylation is 2. The second-order valence-electron chi connectivity index (χ2n) is 6.24. The highest BCUT2D eigenvalue weighted by Crippen LogP contribution is 2.33. The lowest BCUT2D eigenvalue weighted by molar-refractivity contribution is -0.117. The number of carbonyl (C=O) groups is 2. The molecule has 3 rings (SSSR count). The maximum atomic E-state index is 12.4. The summed E-state index contributed by atoms with van der Waals surface area (Å²) in [7, 11) is 1.83. The van der Waals surface area contributed by atoms with Crippen LogP contribution in [0.3, 0.4) is 0 Å². The molecule has 2 amide bonds. The molecule has 2 N–H and O–H groups in total. The quantitative estimate of drug-likeness (QED) is 0.848. The highest BCUT2D eigenvalue weighted by molar-refractivity contribution is 7.13. The van der Waals surface area contributed by atoms with Crippen LogP contribution in [0.5, 0.6) is 0 Å². The maximum absolute atomic E-state index is 12.4. The Morgan fingerprint density at radius 2 is 2.20 bits per heavy atom. The Labute approximate surface area is 150 Å². The van der Waals surface area contributed by atoms with Crippen LogP contribution >= 0.6 is 11.3 Å². The van der Waals surface area contributed by atoms with Crippen molar-refractivity contribution in [2.24, 2.45) is 7.05 Å². The number of nitrogens with one attached hydrogen (secondary N) is 2. The number of amides is 2. The molecule has 134 valence electrons. The van der Waals surface area contributed by atoms with Gasteiger partial charge in [0.2, 0.25) is 11.8 Å². The molecule has 0 radical (unpaired) electrons. The third kappa shape index (κ3) is 4.23. The van der Waals surface area contributed by atoms with Crippen LogP contribution in [0.1, 0.15) is 37.2 Å². The van der Waals surface area contributed by atoms with Crippen LogP contribution in [-0.2, 0) is 16.6 Å². The summed E-state index contributed by atoms with van der Waals surface area (Å²) in [5, 5.41) is 12.4. The highest BCUT2D eigenvalue weighted by atomic mass is 32.1. The zero-order chi connectivity index (χ0) is 18.0. The van der Waals surface area contributed by atoms with Crippen LogP contribution < -0.4 is 10.6 Å². The standard InChI is InChI=1S/C16H22N6O2S/c1-10-12(7-21(3)20-10)18-15(24)8-22-6-4-5-14(22)13-9-25-16(19-13)17-11(2)23/h7,9,14H,4-6,8H2,1-3H3,(H,18,24)(H,17,19,23)/t14-/m0/s1. The first kappa shape index (κ1) is 17.6. The van der Waals surface area contributed by atoms with Crippen LogP contribution in [0.2, 0.25) is 0 Å². The second kappa shape index (κ2) is 7.32. The van der Waals surface area contributed by atoms with E-state index in [0.717, 1.165) is 36.5 Å². The van der Waals surface area contributed by atoms with E-state index in [1.165, 1.54) is 18.3 Å². The van der Waals surface area contributed by atoms with Crippen LogP contribution in [0, 0.1) is 6.92 Å². The first-order valence-corrected chi connectivity index (χ1v) is 9.07. The monoisotopic (exact) mass is 362 g/mol. The van der Waals surface area contributed by atoms with Gasteiger partial charge in [-0.05, 0) is 26.3 Å². The second-order valence-corrected chi connectivity index (χ2v) is 7.10. The fraction of sp³-hybridized carbons (Fsp3) is 0.500. The van der Waals surface area contributed by atoms with E-state index in [-0.39, 0.29) is 17.9 Å². The Morgan fingerprint density at radius 3 is 2.88 bits per heavy atom. The van der Waals surface area contributed by atoms with Gasteiger partial charge in [0.25, 0.3) is 0 Å². The average Bonchev–Trinajstić information content (AvgIpc) is 3.20. The van der Waals surface area contributed by atoms with E-state index in [1.54, 1.807) is 10.9 Å². The predicted molar refractivity (Wildman–Crippen MR) is 96.5 cm³/mol.